The predicted molar refractivity (Wildman–Crippen MR) is 52.7 cm³/mol. The van der Waals surface area contributed by atoms with Crippen LogP contribution in [0.1, 0.15) is 18.5 Å². The molecule has 0 saturated heterocycles. The van der Waals surface area contributed by atoms with Gasteiger partial charge in [0.05, 0.1) is 6.04 Å². The Morgan fingerprint density at radius 2 is 1.60 bits per heavy atom. The lowest BCUT2D eigenvalue weighted by Gasteiger charge is -2.21. The third-order valence-electron chi connectivity index (χ3n) is 2.08. The van der Waals surface area contributed by atoms with E-state index < -0.39 is 18.2 Å². The molecule has 1 atom stereocenters. The van der Waals surface area contributed by atoms with Crippen molar-refractivity contribution in [1.82, 2.24) is 4.90 Å². The second-order valence-corrected chi connectivity index (χ2v) is 3.02. The van der Waals surface area contributed by atoms with Crippen molar-refractivity contribution >= 4 is 12.2 Å². The minimum Gasteiger partial charge on any atom is -0.465 e. The van der Waals surface area contributed by atoms with Gasteiger partial charge in [0.1, 0.15) is 0 Å². The van der Waals surface area contributed by atoms with Crippen molar-refractivity contribution in [2.45, 2.75) is 13.0 Å². The van der Waals surface area contributed by atoms with E-state index in [4.69, 9.17) is 10.2 Å². The molecule has 0 radical (unpaired) electrons. The Morgan fingerprint density at radius 1 is 1.13 bits per heavy atom. The van der Waals surface area contributed by atoms with Gasteiger partial charge in [0.25, 0.3) is 0 Å². The van der Waals surface area contributed by atoms with Gasteiger partial charge in [0.2, 0.25) is 0 Å². The summed E-state index contributed by atoms with van der Waals surface area (Å²) in [6.45, 7) is 1.53. The maximum atomic E-state index is 10.7. The van der Waals surface area contributed by atoms with Gasteiger partial charge in [-0.25, -0.2) is 14.5 Å². The average Bonchev–Trinajstić information content (AvgIpc) is 2.18. The van der Waals surface area contributed by atoms with Crippen molar-refractivity contribution in [2.24, 2.45) is 0 Å². The molecular formula is C10H11NO4. The highest BCUT2D eigenvalue weighted by Crippen LogP contribution is 2.19. The Balaban J connectivity index is 2.96. The van der Waals surface area contributed by atoms with E-state index in [2.05, 4.69) is 0 Å². The van der Waals surface area contributed by atoms with E-state index in [1.807, 2.05) is 0 Å². The topological polar surface area (TPSA) is 77.8 Å². The number of carbonyl (C=O) groups is 2. The quantitative estimate of drug-likeness (QED) is 0.783. The lowest BCUT2D eigenvalue weighted by Crippen LogP contribution is -2.36. The molecule has 0 fully saturated rings. The first kappa shape index (κ1) is 11.0. The highest BCUT2D eigenvalue weighted by molar-refractivity contribution is 5.86. The molecule has 2 N–H and O–H groups in total. The molecule has 0 spiro atoms. The molecule has 5 nitrogen and oxygen atoms in total. The average molecular weight is 209 g/mol. The van der Waals surface area contributed by atoms with Crippen molar-refractivity contribution in [1.29, 1.82) is 0 Å². The first-order valence-corrected chi connectivity index (χ1v) is 4.34. The summed E-state index contributed by atoms with van der Waals surface area (Å²) >= 11 is 0. The first-order valence-electron chi connectivity index (χ1n) is 4.34. The highest BCUT2D eigenvalue weighted by Gasteiger charge is 2.26. The summed E-state index contributed by atoms with van der Waals surface area (Å²) in [6, 6.07) is 7.90. The van der Waals surface area contributed by atoms with Gasteiger partial charge < -0.3 is 10.2 Å². The van der Waals surface area contributed by atoms with Gasteiger partial charge in [-0.15, -0.1) is 0 Å². The van der Waals surface area contributed by atoms with Crippen LogP contribution in [-0.4, -0.2) is 27.3 Å². The fourth-order valence-electron chi connectivity index (χ4n) is 1.29. The second kappa shape index (κ2) is 4.45. The Kier molecular flexibility index (Phi) is 3.28. The van der Waals surface area contributed by atoms with E-state index in [1.54, 1.807) is 30.3 Å². The van der Waals surface area contributed by atoms with Crippen LogP contribution in [0, 0.1) is 0 Å². The Morgan fingerprint density at radius 3 is 2.00 bits per heavy atom. The number of benzene rings is 1. The van der Waals surface area contributed by atoms with E-state index in [9.17, 15) is 9.59 Å². The second-order valence-electron chi connectivity index (χ2n) is 3.02. The van der Waals surface area contributed by atoms with E-state index >= 15 is 0 Å². The highest BCUT2D eigenvalue weighted by atomic mass is 16.4. The van der Waals surface area contributed by atoms with Crippen LogP contribution in [0.5, 0.6) is 0 Å². The van der Waals surface area contributed by atoms with Gasteiger partial charge in [0.15, 0.2) is 0 Å². The number of rotatable bonds is 2. The van der Waals surface area contributed by atoms with Crippen molar-refractivity contribution < 1.29 is 19.8 Å². The van der Waals surface area contributed by atoms with Crippen molar-refractivity contribution in [3.63, 3.8) is 0 Å². The van der Waals surface area contributed by atoms with E-state index in [0.717, 1.165) is 0 Å². The van der Waals surface area contributed by atoms with Crippen LogP contribution < -0.4 is 0 Å². The molecule has 1 aromatic rings. The van der Waals surface area contributed by atoms with Crippen molar-refractivity contribution in [3.8, 4) is 0 Å². The molecule has 0 saturated carbocycles. The number of carboxylic acid groups (broad SMARTS) is 2. The summed E-state index contributed by atoms with van der Waals surface area (Å²) in [4.78, 5) is 21.8. The maximum absolute atomic E-state index is 10.7. The van der Waals surface area contributed by atoms with Crippen LogP contribution in [-0.2, 0) is 0 Å². The van der Waals surface area contributed by atoms with E-state index in [-0.39, 0.29) is 0 Å². The van der Waals surface area contributed by atoms with Gasteiger partial charge in [-0.1, -0.05) is 30.3 Å². The molecule has 0 aliphatic heterocycles. The van der Waals surface area contributed by atoms with Crippen molar-refractivity contribution in [2.75, 3.05) is 0 Å². The van der Waals surface area contributed by atoms with Crippen LogP contribution in [0.3, 0.4) is 0 Å². The zero-order chi connectivity index (χ0) is 11.4. The lowest BCUT2D eigenvalue weighted by molar-refractivity contribution is 0.109. The molecular weight excluding hydrogens is 198 g/mol. The molecule has 5 heteroatoms. The van der Waals surface area contributed by atoms with Gasteiger partial charge in [0, 0.05) is 0 Å². The van der Waals surface area contributed by atoms with Gasteiger partial charge in [-0.2, -0.15) is 0 Å². The van der Waals surface area contributed by atoms with Crippen LogP contribution >= 0.6 is 0 Å². The standard InChI is InChI=1S/C10H11NO4/c1-7(8-5-3-2-4-6-8)11(9(12)13)10(14)15/h2-7H,1H3,(H,12,13)(H,14,15). The zero-order valence-electron chi connectivity index (χ0n) is 8.12. The zero-order valence-corrected chi connectivity index (χ0v) is 8.12. The molecule has 0 aromatic heterocycles. The van der Waals surface area contributed by atoms with Gasteiger partial charge >= 0.3 is 12.2 Å². The summed E-state index contributed by atoms with van der Waals surface area (Å²) < 4.78 is 0. The third kappa shape index (κ3) is 2.46. The molecule has 15 heavy (non-hydrogen) atoms. The smallest absolute Gasteiger partial charge is 0.417 e. The first-order chi connectivity index (χ1) is 7.04. The normalized spacial score (nSPS) is 11.8. The van der Waals surface area contributed by atoms with Crippen LogP contribution in [0.15, 0.2) is 30.3 Å². The fourth-order valence-corrected chi connectivity index (χ4v) is 1.29. The van der Waals surface area contributed by atoms with Gasteiger partial charge in [-0.3, -0.25) is 0 Å². The molecule has 80 valence electrons. The fraction of sp³-hybridized carbons (Fsp3) is 0.200. The van der Waals surface area contributed by atoms with Crippen LogP contribution in [0.2, 0.25) is 0 Å². The number of hydrogen-bond acceptors (Lipinski definition) is 2. The van der Waals surface area contributed by atoms with Crippen molar-refractivity contribution in [3.05, 3.63) is 35.9 Å². The van der Waals surface area contributed by atoms with Crippen LogP contribution in [0.4, 0.5) is 9.59 Å². The molecule has 0 bridgehead atoms. The molecule has 0 aliphatic rings. The minimum absolute atomic E-state index is 0.370. The summed E-state index contributed by atoms with van der Waals surface area (Å²) in [7, 11) is 0. The summed E-state index contributed by atoms with van der Waals surface area (Å²) in [5, 5.41) is 17.4. The largest absolute Gasteiger partial charge is 0.465 e. The Bertz CT molecular complexity index is 349. The minimum atomic E-state index is -1.47. The Hall–Kier alpha value is -2.04. The molecule has 1 aromatic carbocycles. The number of hydrogen-bond donors (Lipinski definition) is 2. The molecule has 1 unspecified atom stereocenters. The summed E-state index contributed by atoms with van der Waals surface area (Å²) in [6.07, 6.45) is -2.95. The predicted octanol–water partition coefficient (Wildman–Crippen LogP) is 2.41. The maximum Gasteiger partial charge on any atom is 0.417 e. The monoisotopic (exact) mass is 209 g/mol. The van der Waals surface area contributed by atoms with E-state index in [1.165, 1.54) is 6.92 Å². The van der Waals surface area contributed by atoms with E-state index in [0.29, 0.717) is 10.5 Å². The summed E-state index contributed by atoms with van der Waals surface area (Å²) in [5.41, 5.74) is 0.641. The SMILES string of the molecule is CC(c1ccccc1)N(C(=O)O)C(=O)O. The number of imide groups is 1. The van der Waals surface area contributed by atoms with Crippen LogP contribution in [0.25, 0.3) is 0 Å². The lowest BCUT2D eigenvalue weighted by atomic mass is 10.1. The summed E-state index contributed by atoms with van der Waals surface area (Å²) in [5.74, 6) is 0. The number of amides is 2. The Labute approximate surface area is 86.6 Å². The third-order valence-corrected chi connectivity index (χ3v) is 2.08. The van der Waals surface area contributed by atoms with Gasteiger partial charge in [-0.05, 0) is 12.5 Å². The molecule has 0 heterocycles. The molecule has 1 rings (SSSR count). The number of nitrogens with zero attached hydrogens (tertiary/aromatic N) is 1. The molecule has 2 amide bonds. The molecule has 0 aliphatic carbocycles.